The topological polar surface area (TPSA) is 54.4 Å². The minimum absolute atomic E-state index is 0.715. The summed E-state index contributed by atoms with van der Waals surface area (Å²) < 4.78 is 25.9. The largest absolute Gasteiger partial charge is 0.286 e. The van der Waals surface area contributed by atoms with Gasteiger partial charge in [0.15, 0.2) is 0 Å². The van der Waals surface area contributed by atoms with Gasteiger partial charge in [0, 0.05) is 0 Å². The first kappa shape index (κ1) is 11.2. The summed E-state index contributed by atoms with van der Waals surface area (Å²) in [5, 5.41) is 0. The van der Waals surface area contributed by atoms with E-state index < -0.39 is 10.1 Å². The van der Waals surface area contributed by atoms with Crippen LogP contribution in [0.2, 0.25) is 0 Å². The zero-order valence-electron chi connectivity index (χ0n) is 5.17. The molecule has 0 aliphatic heterocycles. The Balaban J connectivity index is 0. The van der Waals surface area contributed by atoms with Crippen molar-refractivity contribution >= 4 is 18.7 Å². The van der Waals surface area contributed by atoms with Crippen molar-refractivity contribution in [3.63, 3.8) is 0 Å². The maximum Gasteiger partial charge on any atom is 0.261 e. The standard InChI is InChI=1S/C2H7P.CH4O3S/c1-3-2;1-5(2,3)4/h3H,1-2H3;1H3,(H,2,3,4). The van der Waals surface area contributed by atoms with Crippen LogP contribution in [-0.4, -0.2) is 32.6 Å². The maximum atomic E-state index is 9.19. The van der Waals surface area contributed by atoms with Crippen molar-refractivity contribution in [1.29, 1.82) is 0 Å². The molecular weight excluding hydrogens is 147 g/mol. The van der Waals surface area contributed by atoms with Crippen molar-refractivity contribution in [3.05, 3.63) is 0 Å². The smallest absolute Gasteiger partial charge is 0.261 e. The Morgan fingerprint density at radius 1 is 1.38 bits per heavy atom. The van der Waals surface area contributed by atoms with Gasteiger partial charge in [0.2, 0.25) is 0 Å². The van der Waals surface area contributed by atoms with Crippen LogP contribution in [0, 0.1) is 0 Å². The van der Waals surface area contributed by atoms with Gasteiger partial charge in [0.05, 0.1) is 6.26 Å². The Kier molecular flexibility index (Phi) is 7.65. The lowest BCUT2D eigenvalue weighted by molar-refractivity contribution is 0.490. The zero-order valence-corrected chi connectivity index (χ0v) is 6.99. The molecule has 0 rings (SSSR count). The van der Waals surface area contributed by atoms with Crippen LogP contribution >= 0.6 is 8.58 Å². The van der Waals surface area contributed by atoms with E-state index in [1.165, 1.54) is 0 Å². The Bertz CT molecular complexity index is 108. The lowest BCUT2D eigenvalue weighted by atomic mass is 11.9. The first-order valence-corrected chi connectivity index (χ1v) is 5.77. The SMILES string of the molecule is CPC.CS(=O)(=O)O. The monoisotopic (exact) mass is 158 g/mol. The predicted molar refractivity (Wildman–Crippen MR) is 37.6 cm³/mol. The molecule has 0 heterocycles. The molecule has 0 fully saturated rings. The molecule has 0 amide bonds. The van der Waals surface area contributed by atoms with E-state index in [1.54, 1.807) is 0 Å². The Hall–Kier alpha value is 0.340. The molecule has 8 heavy (non-hydrogen) atoms. The lowest BCUT2D eigenvalue weighted by Gasteiger charge is -1.69. The molecule has 0 aliphatic rings. The fraction of sp³-hybridized carbons (Fsp3) is 1.00. The molecular formula is C3H11O3PS. The van der Waals surface area contributed by atoms with E-state index in [0.29, 0.717) is 6.26 Å². The van der Waals surface area contributed by atoms with Crippen LogP contribution in [0.1, 0.15) is 0 Å². The Morgan fingerprint density at radius 3 is 1.38 bits per heavy atom. The average molecular weight is 158 g/mol. The molecule has 1 N–H and O–H groups in total. The van der Waals surface area contributed by atoms with E-state index in [-0.39, 0.29) is 0 Å². The van der Waals surface area contributed by atoms with Crippen molar-refractivity contribution in [3.8, 4) is 0 Å². The Morgan fingerprint density at radius 2 is 1.38 bits per heavy atom. The molecule has 0 aliphatic carbocycles. The normalized spacial score (nSPS) is 9.50. The van der Waals surface area contributed by atoms with Crippen LogP contribution in [0.25, 0.3) is 0 Å². The average Bonchev–Trinajstić information content (AvgIpc) is 1.27. The van der Waals surface area contributed by atoms with Crippen molar-refractivity contribution in [1.82, 2.24) is 0 Å². The minimum Gasteiger partial charge on any atom is -0.286 e. The van der Waals surface area contributed by atoms with Crippen LogP contribution in [-0.2, 0) is 10.1 Å². The van der Waals surface area contributed by atoms with Crippen LogP contribution in [0.15, 0.2) is 0 Å². The molecule has 52 valence electrons. The molecule has 0 atom stereocenters. The summed E-state index contributed by atoms with van der Waals surface area (Å²) in [5.41, 5.74) is 0. The van der Waals surface area contributed by atoms with Crippen molar-refractivity contribution in [2.24, 2.45) is 0 Å². The molecule has 0 aromatic heterocycles. The second kappa shape index (κ2) is 5.48. The van der Waals surface area contributed by atoms with Gasteiger partial charge in [-0.2, -0.15) is 8.42 Å². The molecule has 0 unspecified atom stereocenters. The highest BCUT2D eigenvalue weighted by Gasteiger charge is 1.81. The van der Waals surface area contributed by atoms with E-state index in [9.17, 15) is 8.42 Å². The van der Waals surface area contributed by atoms with Crippen molar-refractivity contribution in [2.45, 2.75) is 0 Å². The quantitative estimate of drug-likeness (QED) is 0.411. The third kappa shape index (κ3) is 1560. The molecule has 0 radical (unpaired) electrons. The van der Waals surface area contributed by atoms with Gasteiger partial charge in [-0.25, -0.2) is 0 Å². The van der Waals surface area contributed by atoms with Gasteiger partial charge in [-0.15, -0.1) is 8.58 Å². The maximum absolute atomic E-state index is 9.19. The van der Waals surface area contributed by atoms with E-state index in [1.807, 2.05) is 0 Å². The highest BCUT2D eigenvalue weighted by atomic mass is 32.2. The summed E-state index contributed by atoms with van der Waals surface area (Å²) >= 11 is 0. The molecule has 0 bridgehead atoms. The highest BCUT2D eigenvalue weighted by Crippen LogP contribution is 1.84. The second-order valence-electron chi connectivity index (χ2n) is 1.23. The van der Waals surface area contributed by atoms with E-state index in [0.717, 1.165) is 8.58 Å². The third-order valence-electron chi connectivity index (χ3n) is 0. The van der Waals surface area contributed by atoms with Crippen molar-refractivity contribution < 1.29 is 13.0 Å². The van der Waals surface area contributed by atoms with Crippen LogP contribution in [0.4, 0.5) is 0 Å². The molecule has 0 aromatic carbocycles. The minimum atomic E-state index is -3.67. The summed E-state index contributed by atoms with van der Waals surface area (Å²) in [7, 11) is -2.58. The van der Waals surface area contributed by atoms with Gasteiger partial charge in [0.1, 0.15) is 0 Å². The molecule has 0 aromatic rings. The fourth-order valence-corrected chi connectivity index (χ4v) is 0. The number of hydrogen-bond donors (Lipinski definition) is 1. The Labute approximate surface area is 52.0 Å². The van der Waals surface area contributed by atoms with Gasteiger partial charge in [-0.3, -0.25) is 4.55 Å². The molecule has 0 saturated carbocycles. The summed E-state index contributed by atoms with van der Waals surface area (Å²) in [6.45, 7) is 4.31. The lowest BCUT2D eigenvalue weighted by Crippen LogP contribution is -1.88. The van der Waals surface area contributed by atoms with E-state index in [4.69, 9.17) is 4.55 Å². The molecule has 0 spiro atoms. The second-order valence-corrected chi connectivity index (χ2v) is 3.70. The van der Waals surface area contributed by atoms with Gasteiger partial charge >= 0.3 is 0 Å². The summed E-state index contributed by atoms with van der Waals surface area (Å²) in [5.74, 6) is 0. The zero-order chi connectivity index (χ0) is 7.21. The highest BCUT2D eigenvalue weighted by molar-refractivity contribution is 7.85. The molecule has 3 nitrogen and oxygen atoms in total. The number of rotatable bonds is 0. The first-order valence-electron chi connectivity index (χ1n) is 1.92. The van der Waals surface area contributed by atoms with Gasteiger partial charge < -0.3 is 0 Å². The van der Waals surface area contributed by atoms with Gasteiger partial charge in [-0.1, -0.05) is 0 Å². The summed E-state index contributed by atoms with van der Waals surface area (Å²) in [4.78, 5) is 0. The molecule has 0 saturated heterocycles. The summed E-state index contributed by atoms with van der Waals surface area (Å²) in [6.07, 6.45) is 0.715. The van der Waals surface area contributed by atoms with E-state index >= 15 is 0 Å². The van der Waals surface area contributed by atoms with Crippen molar-refractivity contribution in [2.75, 3.05) is 19.6 Å². The third-order valence-corrected chi connectivity index (χ3v) is 0. The van der Waals surface area contributed by atoms with Gasteiger partial charge in [-0.05, 0) is 13.3 Å². The predicted octanol–water partition coefficient (Wildman–Crippen LogP) is 0.428. The van der Waals surface area contributed by atoms with E-state index in [2.05, 4.69) is 13.3 Å². The molecule has 5 heteroatoms. The van der Waals surface area contributed by atoms with Gasteiger partial charge in [0.25, 0.3) is 10.1 Å². The van der Waals surface area contributed by atoms with Crippen LogP contribution < -0.4 is 0 Å². The number of hydrogen-bond acceptors (Lipinski definition) is 2. The summed E-state index contributed by atoms with van der Waals surface area (Å²) in [6, 6.07) is 0. The van der Waals surface area contributed by atoms with Crippen LogP contribution in [0.5, 0.6) is 0 Å². The van der Waals surface area contributed by atoms with Crippen LogP contribution in [0.3, 0.4) is 0 Å². The first-order chi connectivity index (χ1) is 3.41. The fourth-order valence-electron chi connectivity index (χ4n) is 0.